The van der Waals surface area contributed by atoms with Crippen molar-refractivity contribution in [3.63, 3.8) is 0 Å². The van der Waals surface area contributed by atoms with Gasteiger partial charge in [-0.3, -0.25) is 0 Å². The van der Waals surface area contributed by atoms with Gasteiger partial charge < -0.3 is 8.83 Å². The average Bonchev–Trinajstić information content (AvgIpc) is 3.76. The number of nitrogens with zero attached hydrogens (tertiary/aromatic N) is 3. The summed E-state index contributed by atoms with van der Waals surface area (Å²) in [5.74, 6) is 1.90. The first-order valence-corrected chi connectivity index (χ1v) is 16.6. The molecule has 0 aliphatic heterocycles. The van der Waals surface area contributed by atoms with Gasteiger partial charge in [-0.1, -0.05) is 127 Å². The smallest absolute Gasteiger partial charge is 0.164 e. The van der Waals surface area contributed by atoms with Crippen molar-refractivity contribution in [1.29, 1.82) is 0 Å². The van der Waals surface area contributed by atoms with E-state index < -0.39 is 0 Å². The highest BCUT2D eigenvalue weighted by molar-refractivity contribution is 6.11. The monoisotopic (exact) mass is 641 g/mol. The summed E-state index contributed by atoms with van der Waals surface area (Å²) < 4.78 is 12.9. The lowest BCUT2D eigenvalue weighted by molar-refractivity contribution is 0.668. The number of furan rings is 2. The third-order valence-corrected chi connectivity index (χ3v) is 9.34. The Kier molecular flexibility index (Phi) is 6.42. The molecule has 234 valence electrons. The van der Waals surface area contributed by atoms with Crippen molar-refractivity contribution in [2.75, 3.05) is 0 Å². The van der Waals surface area contributed by atoms with E-state index in [2.05, 4.69) is 72.8 Å². The van der Waals surface area contributed by atoms with Gasteiger partial charge in [-0.2, -0.15) is 0 Å². The fraction of sp³-hybridized carbons (Fsp3) is 0. The maximum Gasteiger partial charge on any atom is 0.164 e. The van der Waals surface area contributed by atoms with E-state index in [4.69, 9.17) is 23.8 Å². The maximum atomic E-state index is 6.53. The van der Waals surface area contributed by atoms with Crippen LogP contribution in [0, 0.1) is 0 Å². The summed E-state index contributed by atoms with van der Waals surface area (Å²) in [4.78, 5) is 14.7. The van der Waals surface area contributed by atoms with Gasteiger partial charge in [-0.15, -0.1) is 0 Å². The molecule has 0 atom stereocenters. The lowest BCUT2D eigenvalue weighted by atomic mass is 9.99. The molecule has 0 spiro atoms. The van der Waals surface area contributed by atoms with Gasteiger partial charge in [0.2, 0.25) is 0 Å². The number of fused-ring (bicyclic) bond motifs is 6. The molecule has 10 aromatic rings. The molecule has 0 N–H and O–H groups in total. The Morgan fingerprint density at radius 3 is 1.52 bits per heavy atom. The van der Waals surface area contributed by atoms with E-state index in [1.165, 1.54) is 0 Å². The van der Waals surface area contributed by atoms with Gasteiger partial charge in [0.15, 0.2) is 17.5 Å². The lowest BCUT2D eigenvalue weighted by Gasteiger charge is -2.09. The summed E-state index contributed by atoms with van der Waals surface area (Å²) in [5.41, 5.74) is 10.4. The van der Waals surface area contributed by atoms with E-state index in [1.807, 2.05) is 91.0 Å². The van der Waals surface area contributed by atoms with Gasteiger partial charge in [0.05, 0.1) is 0 Å². The van der Waals surface area contributed by atoms with Gasteiger partial charge in [-0.25, -0.2) is 15.0 Å². The number of para-hydroxylation sites is 2. The largest absolute Gasteiger partial charge is 0.456 e. The molecule has 0 saturated heterocycles. The highest BCUT2D eigenvalue weighted by Gasteiger charge is 2.16. The Hall–Kier alpha value is -6.85. The molecule has 0 unspecified atom stereocenters. The third-order valence-electron chi connectivity index (χ3n) is 9.34. The van der Waals surface area contributed by atoms with Crippen molar-refractivity contribution in [1.82, 2.24) is 15.0 Å². The molecule has 7 aromatic carbocycles. The highest BCUT2D eigenvalue weighted by atomic mass is 16.3. The molecule has 0 bridgehead atoms. The Morgan fingerprint density at radius 2 is 0.800 bits per heavy atom. The Balaban J connectivity index is 1.04. The molecule has 3 heterocycles. The first-order valence-electron chi connectivity index (χ1n) is 16.6. The van der Waals surface area contributed by atoms with Crippen molar-refractivity contribution >= 4 is 43.9 Å². The second-order valence-corrected chi connectivity index (χ2v) is 12.4. The topological polar surface area (TPSA) is 65.0 Å². The third kappa shape index (κ3) is 4.75. The molecular formula is C45H27N3O2. The van der Waals surface area contributed by atoms with Crippen molar-refractivity contribution in [2.45, 2.75) is 0 Å². The van der Waals surface area contributed by atoms with Crippen LogP contribution in [-0.2, 0) is 0 Å². The van der Waals surface area contributed by atoms with Crippen LogP contribution in [0.3, 0.4) is 0 Å². The van der Waals surface area contributed by atoms with Crippen molar-refractivity contribution in [2.24, 2.45) is 0 Å². The summed E-state index contributed by atoms with van der Waals surface area (Å²) in [5, 5.41) is 4.38. The van der Waals surface area contributed by atoms with Crippen molar-refractivity contribution in [3.8, 4) is 56.4 Å². The van der Waals surface area contributed by atoms with E-state index in [9.17, 15) is 0 Å². The quantitative estimate of drug-likeness (QED) is 0.187. The zero-order chi connectivity index (χ0) is 33.0. The van der Waals surface area contributed by atoms with E-state index in [0.717, 1.165) is 82.8 Å². The van der Waals surface area contributed by atoms with Gasteiger partial charge in [0.1, 0.15) is 22.3 Å². The Labute approximate surface area is 287 Å². The zero-order valence-electron chi connectivity index (χ0n) is 26.7. The second-order valence-electron chi connectivity index (χ2n) is 12.4. The van der Waals surface area contributed by atoms with Crippen LogP contribution in [0.5, 0.6) is 0 Å². The van der Waals surface area contributed by atoms with Crippen LogP contribution in [0.4, 0.5) is 0 Å². The molecule has 0 amide bonds. The SMILES string of the molecule is c1ccc(-c2nc(-c3ccccc3)nc(-c3cccc(-c4ccc5c(c4)oc4cc(-c6cccc7c6oc6ccccc67)ccc45)c3)n2)cc1. The molecular weight excluding hydrogens is 615 g/mol. The van der Waals surface area contributed by atoms with E-state index in [1.54, 1.807) is 0 Å². The predicted molar refractivity (Wildman–Crippen MR) is 202 cm³/mol. The predicted octanol–water partition coefficient (Wildman–Crippen LogP) is 12.0. The highest BCUT2D eigenvalue weighted by Crippen LogP contribution is 2.39. The van der Waals surface area contributed by atoms with E-state index in [0.29, 0.717) is 17.5 Å². The molecule has 10 rings (SSSR count). The fourth-order valence-corrected chi connectivity index (χ4v) is 6.87. The van der Waals surface area contributed by atoms with Crippen molar-refractivity contribution < 1.29 is 8.83 Å². The van der Waals surface area contributed by atoms with Gasteiger partial charge in [0, 0.05) is 43.8 Å². The van der Waals surface area contributed by atoms with Crippen LogP contribution in [0.1, 0.15) is 0 Å². The van der Waals surface area contributed by atoms with E-state index in [-0.39, 0.29) is 0 Å². The molecule has 3 aromatic heterocycles. The normalized spacial score (nSPS) is 11.6. The number of benzene rings is 7. The average molecular weight is 642 g/mol. The maximum absolute atomic E-state index is 6.53. The summed E-state index contributed by atoms with van der Waals surface area (Å²) in [7, 11) is 0. The first kappa shape index (κ1) is 28.2. The van der Waals surface area contributed by atoms with E-state index >= 15 is 0 Å². The molecule has 5 nitrogen and oxygen atoms in total. The Bertz CT molecular complexity index is 2810. The summed E-state index contributed by atoms with van der Waals surface area (Å²) in [6, 6.07) is 55.7. The Morgan fingerprint density at radius 1 is 0.300 bits per heavy atom. The van der Waals surface area contributed by atoms with Crippen LogP contribution in [0.15, 0.2) is 173 Å². The van der Waals surface area contributed by atoms with Gasteiger partial charge in [-0.05, 0) is 53.1 Å². The molecule has 5 heteroatoms. The lowest BCUT2D eigenvalue weighted by Crippen LogP contribution is -2.00. The number of aromatic nitrogens is 3. The standard InChI is InChI=1S/C45H27N3O2/c1-3-11-28(12-4-1)43-46-44(29-13-5-2-6-14-29)48-45(47-43)33-16-9-15-30(25-33)31-21-23-36-37-24-22-32(27-41(37)49-40(36)26-31)34-18-10-19-38-35-17-7-8-20-39(35)50-42(34)38/h1-27H. The second kappa shape index (κ2) is 11.4. The van der Waals surface area contributed by atoms with Gasteiger partial charge >= 0.3 is 0 Å². The molecule has 0 radical (unpaired) electrons. The van der Waals surface area contributed by atoms with Crippen LogP contribution >= 0.6 is 0 Å². The van der Waals surface area contributed by atoms with Crippen LogP contribution in [0.2, 0.25) is 0 Å². The summed E-state index contributed by atoms with van der Waals surface area (Å²) in [6.45, 7) is 0. The molecule has 50 heavy (non-hydrogen) atoms. The summed E-state index contributed by atoms with van der Waals surface area (Å²) in [6.07, 6.45) is 0. The number of rotatable bonds is 5. The molecule has 0 aliphatic carbocycles. The summed E-state index contributed by atoms with van der Waals surface area (Å²) >= 11 is 0. The van der Waals surface area contributed by atoms with Crippen LogP contribution in [0.25, 0.3) is 100 Å². The van der Waals surface area contributed by atoms with Crippen LogP contribution in [-0.4, -0.2) is 15.0 Å². The number of hydrogen-bond acceptors (Lipinski definition) is 5. The minimum atomic E-state index is 0.622. The molecule has 0 fully saturated rings. The van der Waals surface area contributed by atoms with Gasteiger partial charge in [0.25, 0.3) is 0 Å². The van der Waals surface area contributed by atoms with Crippen molar-refractivity contribution in [3.05, 3.63) is 164 Å². The minimum Gasteiger partial charge on any atom is -0.456 e. The number of hydrogen-bond donors (Lipinski definition) is 0. The fourth-order valence-electron chi connectivity index (χ4n) is 6.87. The molecule has 0 saturated carbocycles. The minimum absolute atomic E-state index is 0.622. The van der Waals surface area contributed by atoms with Crippen LogP contribution < -0.4 is 0 Å². The molecule has 0 aliphatic rings. The zero-order valence-corrected chi connectivity index (χ0v) is 26.7. The first-order chi connectivity index (χ1) is 24.7.